The van der Waals surface area contributed by atoms with Crippen molar-refractivity contribution >= 4 is 11.4 Å². The van der Waals surface area contributed by atoms with E-state index >= 15 is 0 Å². The first-order chi connectivity index (χ1) is 8.01. The van der Waals surface area contributed by atoms with E-state index in [0.717, 1.165) is 0 Å². The van der Waals surface area contributed by atoms with E-state index in [2.05, 4.69) is 5.32 Å². The van der Waals surface area contributed by atoms with E-state index in [1.165, 1.54) is 12.1 Å². The first-order valence-corrected chi connectivity index (χ1v) is 5.64. The molecule has 1 aliphatic heterocycles. The summed E-state index contributed by atoms with van der Waals surface area (Å²) in [7, 11) is 0. The zero-order valence-corrected chi connectivity index (χ0v) is 9.74. The van der Waals surface area contributed by atoms with Crippen molar-refractivity contribution in [1.29, 1.82) is 0 Å². The fraction of sp³-hybridized carbons (Fsp3) is 0.500. The molecule has 1 saturated heterocycles. The van der Waals surface area contributed by atoms with Gasteiger partial charge in [-0.3, -0.25) is 0 Å². The molecule has 1 aliphatic rings. The van der Waals surface area contributed by atoms with Crippen LogP contribution in [-0.2, 0) is 4.74 Å². The highest BCUT2D eigenvalue weighted by molar-refractivity contribution is 5.65. The van der Waals surface area contributed by atoms with Crippen molar-refractivity contribution in [3.05, 3.63) is 24.0 Å². The summed E-state index contributed by atoms with van der Waals surface area (Å²) >= 11 is 0. The van der Waals surface area contributed by atoms with E-state index in [1.807, 2.05) is 6.92 Å². The Hall–Kier alpha value is -1.33. The van der Waals surface area contributed by atoms with Crippen LogP contribution in [0, 0.1) is 5.82 Å². The maximum absolute atomic E-state index is 12.8. The number of nitrogen functional groups attached to an aromatic ring is 1. The number of nitrogens with one attached hydrogen (secondary N) is 1. The fourth-order valence-corrected chi connectivity index (χ4v) is 1.95. The van der Waals surface area contributed by atoms with Gasteiger partial charge in [-0.15, -0.1) is 0 Å². The molecule has 0 aliphatic carbocycles. The van der Waals surface area contributed by atoms with Crippen LogP contribution in [0.4, 0.5) is 15.8 Å². The Morgan fingerprint density at radius 2 is 2.41 bits per heavy atom. The molecule has 1 aromatic rings. The highest BCUT2D eigenvalue weighted by Crippen LogP contribution is 2.27. The molecule has 4 nitrogen and oxygen atoms in total. The second-order valence-electron chi connectivity index (χ2n) is 4.45. The number of ether oxygens (including phenoxy) is 1. The zero-order chi connectivity index (χ0) is 12.5. The first kappa shape index (κ1) is 12.1. The van der Waals surface area contributed by atoms with E-state index in [-0.39, 0.29) is 11.9 Å². The molecule has 0 bridgehead atoms. The summed E-state index contributed by atoms with van der Waals surface area (Å²) in [5, 5.41) is 13.3. The van der Waals surface area contributed by atoms with Crippen LogP contribution >= 0.6 is 0 Å². The van der Waals surface area contributed by atoms with Crippen LogP contribution in [0.3, 0.4) is 0 Å². The van der Waals surface area contributed by atoms with Crippen LogP contribution in [-0.4, -0.2) is 30.0 Å². The van der Waals surface area contributed by atoms with Crippen molar-refractivity contribution in [2.75, 3.05) is 24.2 Å². The average molecular weight is 240 g/mol. The molecule has 5 heteroatoms. The summed E-state index contributed by atoms with van der Waals surface area (Å²) in [4.78, 5) is 0. The second kappa shape index (κ2) is 4.50. The van der Waals surface area contributed by atoms with Crippen molar-refractivity contribution in [2.45, 2.75) is 25.0 Å². The summed E-state index contributed by atoms with van der Waals surface area (Å²) in [5.74, 6) is -0.371. The first-order valence-electron chi connectivity index (χ1n) is 5.64. The Labute approximate surface area is 99.6 Å². The Morgan fingerprint density at radius 1 is 1.65 bits per heavy atom. The largest absolute Gasteiger partial charge is 0.397 e. The molecule has 0 saturated carbocycles. The number of benzene rings is 1. The quantitative estimate of drug-likeness (QED) is 0.698. The average Bonchev–Trinajstić information content (AvgIpc) is 2.59. The molecule has 94 valence electrons. The molecule has 1 heterocycles. The van der Waals surface area contributed by atoms with Crippen molar-refractivity contribution in [2.24, 2.45) is 0 Å². The van der Waals surface area contributed by atoms with Gasteiger partial charge in [0, 0.05) is 19.6 Å². The number of rotatable bonds is 3. The number of hydrogen-bond donors (Lipinski definition) is 3. The molecule has 0 aromatic heterocycles. The predicted molar refractivity (Wildman–Crippen MR) is 64.3 cm³/mol. The van der Waals surface area contributed by atoms with Crippen LogP contribution in [0.1, 0.15) is 13.3 Å². The van der Waals surface area contributed by atoms with E-state index in [0.29, 0.717) is 30.9 Å². The Kier molecular flexibility index (Phi) is 3.22. The fourth-order valence-electron chi connectivity index (χ4n) is 1.95. The van der Waals surface area contributed by atoms with Crippen LogP contribution < -0.4 is 11.1 Å². The van der Waals surface area contributed by atoms with Crippen molar-refractivity contribution in [3.63, 3.8) is 0 Å². The minimum Gasteiger partial charge on any atom is -0.397 e. The number of anilines is 2. The van der Waals surface area contributed by atoms with E-state index in [1.54, 1.807) is 6.07 Å². The van der Waals surface area contributed by atoms with Gasteiger partial charge in [-0.25, -0.2) is 4.39 Å². The Morgan fingerprint density at radius 3 is 3.00 bits per heavy atom. The molecular weight excluding hydrogens is 223 g/mol. The van der Waals surface area contributed by atoms with Crippen LogP contribution in [0.2, 0.25) is 0 Å². The van der Waals surface area contributed by atoms with Gasteiger partial charge >= 0.3 is 0 Å². The molecule has 4 N–H and O–H groups in total. The van der Waals surface area contributed by atoms with Gasteiger partial charge in [-0.2, -0.15) is 0 Å². The Balaban J connectivity index is 2.02. The molecule has 0 radical (unpaired) electrons. The second-order valence-corrected chi connectivity index (χ2v) is 4.45. The summed E-state index contributed by atoms with van der Waals surface area (Å²) in [5.41, 5.74) is 5.74. The maximum Gasteiger partial charge on any atom is 0.125 e. The molecule has 17 heavy (non-hydrogen) atoms. The molecular formula is C12H17FN2O2. The van der Waals surface area contributed by atoms with E-state index in [4.69, 9.17) is 10.5 Å². The monoisotopic (exact) mass is 240 g/mol. The van der Waals surface area contributed by atoms with Gasteiger partial charge in [0.05, 0.1) is 17.5 Å². The van der Waals surface area contributed by atoms with Crippen LogP contribution in [0.5, 0.6) is 0 Å². The summed E-state index contributed by atoms with van der Waals surface area (Å²) in [6.45, 7) is 2.73. The molecule has 2 rings (SSSR count). The highest BCUT2D eigenvalue weighted by atomic mass is 19.1. The van der Waals surface area contributed by atoms with Crippen molar-refractivity contribution in [3.8, 4) is 0 Å². The van der Waals surface area contributed by atoms with E-state index in [9.17, 15) is 9.50 Å². The molecule has 0 spiro atoms. The van der Waals surface area contributed by atoms with Gasteiger partial charge < -0.3 is 20.9 Å². The summed E-state index contributed by atoms with van der Waals surface area (Å²) in [6, 6.07) is 4.15. The van der Waals surface area contributed by atoms with Gasteiger partial charge in [0.1, 0.15) is 11.4 Å². The highest BCUT2D eigenvalue weighted by Gasteiger charge is 2.39. The zero-order valence-electron chi connectivity index (χ0n) is 9.74. The molecule has 2 atom stereocenters. The summed E-state index contributed by atoms with van der Waals surface area (Å²) in [6.07, 6.45) is 0.374. The molecule has 2 unspecified atom stereocenters. The number of aliphatic hydroxyl groups is 1. The third-order valence-electron chi connectivity index (χ3n) is 3.26. The molecule has 1 fully saturated rings. The van der Waals surface area contributed by atoms with Gasteiger partial charge in [0.25, 0.3) is 0 Å². The number of hydrogen-bond acceptors (Lipinski definition) is 4. The van der Waals surface area contributed by atoms with Gasteiger partial charge in [0.2, 0.25) is 0 Å². The third-order valence-corrected chi connectivity index (χ3v) is 3.26. The van der Waals surface area contributed by atoms with Gasteiger partial charge in [0.15, 0.2) is 0 Å². The van der Waals surface area contributed by atoms with Gasteiger partial charge in [-0.05, 0) is 25.1 Å². The van der Waals surface area contributed by atoms with E-state index < -0.39 is 5.60 Å². The van der Waals surface area contributed by atoms with Crippen molar-refractivity contribution in [1.82, 2.24) is 0 Å². The lowest BCUT2D eigenvalue weighted by molar-refractivity contribution is -0.0175. The maximum atomic E-state index is 12.8. The van der Waals surface area contributed by atoms with Crippen molar-refractivity contribution < 1.29 is 14.2 Å². The molecule has 0 amide bonds. The normalized spacial score (nSPS) is 28.3. The third kappa shape index (κ3) is 2.50. The number of nitrogens with two attached hydrogens (primary N) is 1. The SMILES string of the molecule is CC1OCCC1(O)CNc1ccc(F)cc1N. The number of halogens is 1. The minimum atomic E-state index is -0.888. The minimum absolute atomic E-state index is 0.211. The summed E-state index contributed by atoms with van der Waals surface area (Å²) < 4.78 is 18.2. The van der Waals surface area contributed by atoms with Crippen LogP contribution in [0.25, 0.3) is 0 Å². The lowest BCUT2D eigenvalue weighted by Gasteiger charge is -2.27. The van der Waals surface area contributed by atoms with Crippen LogP contribution in [0.15, 0.2) is 18.2 Å². The molecule has 1 aromatic carbocycles. The van der Waals surface area contributed by atoms with Gasteiger partial charge in [-0.1, -0.05) is 0 Å². The standard InChI is InChI=1S/C12H17FN2O2/c1-8-12(16,4-5-17-8)7-15-11-3-2-9(13)6-10(11)14/h2-3,6,8,15-16H,4-5,7,14H2,1H3. The lowest BCUT2D eigenvalue weighted by atomic mass is 9.96. The lowest BCUT2D eigenvalue weighted by Crippen LogP contribution is -2.43. The topological polar surface area (TPSA) is 67.5 Å². The Bertz CT molecular complexity index is 413. The predicted octanol–water partition coefficient (Wildman–Crippen LogP) is 1.36. The smallest absolute Gasteiger partial charge is 0.125 e.